The smallest absolute Gasteiger partial charge is 0.340 e. The van der Waals surface area contributed by atoms with Crippen molar-refractivity contribution in [2.75, 3.05) is 6.61 Å². The minimum absolute atomic E-state index is 0.252. The second-order valence-electron chi connectivity index (χ2n) is 6.82. The zero-order valence-electron chi connectivity index (χ0n) is 15.5. The third kappa shape index (κ3) is 3.86. The first-order chi connectivity index (χ1) is 13.7. The van der Waals surface area contributed by atoms with Gasteiger partial charge in [0.2, 0.25) is 0 Å². The van der Waals surface area contributed by atoms with Crippen molar-refractivity contribution in [3.63, 3.8) is 0 Å². The molecule has 0 saturated carbocycles. The Morgan fingerprint density at radius 1 is 1.14 bits per heavy atom. The summed E-state index contributed by atoms with van der Waals surface area (Å²) >= 11 is 0. The number of fused-ring (bicyclic) bond motifs is 1. The van der Waals surface area contributed by atoms with Crippen LogP contribution in [0.5, 0.6) is 0 Å². The van der Waals surface area contributed by atoms with Crippen LogP contribution in [0.2, 0.25) is 0 Å². The third-order valence-corrected chi connectivity index (χ3v) is 4.94. The van der Waals surface area contributed by atoms with Crippen molar-refractivity contribution in [1.82, 2.24) is 9.88 Å². The lowest BCUT2D eigenvalue weighted by Gasteiger charge is -2.26. The maximum atomic E-state index is 12.9. The molecule has 1 aliphatic carbocycles. The lowest BCUT2D eigenvalue weighted by atomic mass is 10.0. The second kappa shape index (κ2) is 8.17. The zero-order valence-corrected chi connectivity index (χ0v) is 15.5. The summed E-state index contributed by atoms with van der Waals surface area (Å²) in [5.74, 6) is -0.0677. The Morgan fingerprint density at radius 2 is 2.04 bits per heavy atom. The van der Waals surface area contributed by atoms with Crippen LogP contribution in [0.15, 0.2) is 65.0 Å². The third-order valence-electron chi connectivity index (χ3n) is 4.94. The molecule has 6 heteroatoms. The molecule has 0 spiro atoms. The number of aromatic amines is 1. The fraction of sp³-hybridized carbons (Fsp3) is 0.273. The van der Waals surface area contributed by atoms with E-state index in [4.69, 9.17) is 9.15 Å². The number of carbonyl (C=O) groups excluding carboxylic acids is 2. The highest BCUT2D eigenvalue weighted by Crippen LogP contribution is 2.24. The van der Waals surface area contributed by atoms with Crippen LogP contribution in [0.3, 0.4) is 0 Å². The molecular weight excluding hydrogens is 356 g/mol. The monoisotopic (exact) mass is 378 g/mol. The molecule has 0 fully saturated rings. The summed E-state index contributed by atoms with van der Waals surface area (Å²) in [6.45, 7) is 0.0265. The number of carbonyl (C=O) groups is 2. The van der Waals surface area contributed by atoms with Crippen molar-refractivity contribution in [2.24, 2.45) is 0 Å². The summed E-state index contributed by atoms with van der Waals surface area (Å²) in [6.07, 6.45) is 9.25. The Kier molecular flexibility index (Phi) is 5.28. The molecule has 144 valence electrons. The number of hydrogen-bond acceptors (Lipinski definition) is 4. The van der Waals surface area contributed by atoms with Crippen LogP contribution in [-0.2, 0) is 16.1 Å². The average molecular weight is 378 g/mol. The van der Waals surface area contributed by atoms with E-state index in [0.29, 0.717) is 17.9 Å². The van der Waals surface area contributed by atoms with E-state index >= 15 is 0 Å². The molecule has 0 atom stereocenters. The molecule has 28 heavy (non-hydrogen) atoms. The maximum Gasteiger partial charge on any atom is 0.340 e. The number of amides is 1. The number of hydrogen-bond donors (Lipinski definition) is 1. The highest BCUT2D eigenvalue weighted by atomic mass is 16.5. The van der Waals surface area contributed by atoms with Gasteiger partial charge in [-0.2, -0.15) is 0 Å². The van der Waals surface area contributed by atoms with Crippen molar-refractivity contribution in [1.29, 1.82) is 0 Å². The molecule has 0 saturated heterocycles. The van der Waals surface area contributed by atoms with Gasteiger partial charge in [-0.3, -0.25) is 4.79 Å². The summed E-state index contributed by atoms with van der Waals surface area (Å²) in [4.78, 5) is 30.1. The highest BCUT2D eigenvalue weighted by molar-refractivity contribution is 6.04. The molecule has 2 heterocycles. The van der Waals surface area contributed by atoms with Crippen molar-refractivity contribution in [2.45, 2.75) is 32.2 Å². The Bertz CT molecular complexity index is 1000. The Labute approximate surface area is 162 Å². The first kappa shape index (κ1) is 18.1. The molecule has 6 nitrogen and oxygen atoms in total. The van der Waals surface area contributed by atoms with E-state index in [-0.39, 0.29) is 12.5 Å². The largest absolute Gasteiger partial charge is 0.467 e. The Balaban J connectivity index is 1.46. The van der Waals surface area contributed by atoms with Gasteiger partial charge in [-0.05, 0) is 43.9 Å². The second-order valence-corrected chi connectivity index (χ2v) is 6.82. The van der Waals surface area contributed by atoms with Gasteiger partial charge in [0.05, 0.1) is 18.4 Å². The van der Waals surface area contributed by atoms with Crippen LogP contribution >= 0.6 is 0 Å². The number of para-hydroxylation sites is 1. The average Bonchev–Trinajstić information content (AvgIpc) is 3.40. The molecule has 0 aliphatic heterocycles. The number of aromatic nitrogens is 1. The summed E-state index contributed by atoms with van der Waals surface area (Å²) in [6, 6.07) is 11.1. The summed E-state index contributed by atoms with van der Waals surface area (Å²) in [7, 11) is 0. The van der Waals surface area contributed by atoms with Crippen LogP contribution in [0, 0.1) is 0 Å². The van der Waals surface area contributed by atoms with Crippen LogP contribution < -0.4 is 0 Å². The number of esters is 1. The lowest BCUT2D eigenvalue weighted by Crippen LogP contribution is -2.34. The van der Waals surface area contributed by atoms with Gasteiger partial charge in [0.15, 0.2) is 6.61 Å². The van der Waals surface area contributed by atoms with Crippen LogP contribution in [0.25, 0.3) is 10.9 Å². The summed E-state index contributed by atoms with van der Waals surface area (Å²) in [5.41, 5.74) is 2.25. The van der Waals surface area contributed by atoms with E-state index in [0.717, 1.165) is 42.3 Å². The number of nitrogens with one attached hydrogen (secondary N) is 1. The number of furan rings is 1. The normalized spacial score (nSPS) is 13.9. The number of H-pyrrole nitrogens is 1. The van der Waals surface area contributed by atoms with Crippen LogP contribution in [0.4, 0.5) is 0 Å². The van der Waals surface area contributed by atoms with Crippen LogP contribution in [0.1, 0.15) is 41.8 Å². The van der Waals surface area contributed by atoms with Crippen molar-refractivity contribution < 1.29 is 18.7 Å². The topological polar surface area (TPSA) is 75.5 Å². The van der Waals surface area contributed by atoms with Crippen molar-refractivity contribution >= 4 is 22.8 Å². The van der Waals surface area contributed by atoms with Gasteiger partial charge in [-0.15, -0.1) is 0 Å². The predicted octanol–water partition coefficient (Wildman–Crippen LogP) is 4.40. The van der Waals surface area contributed by atoms with Gasteiger partial charge in [0.25, 0.3) is 5.91 Å². The molecule has 1 aliphatic rings. The van der Waals surface area contributed by atoms with E-state index in [2.05, 4.69) is 11.1 Å². The molecule has 0 bridgehead atoms. The number of ether oxygens (including phenoxy) is 1. The van der Waals surface area contributed by atoms with E-state index in [1.54, 1.807) is 23.4 Å². The quantitative estimate of drug-likeness (QED) is 0.645. The molecule has 0 unspecified atom stereocenters. The first-order valence-electron chi connectivity index (χ1n) is 9.47. The fourth-order valence-corrected chi connectivity index (χ4v) is 3.50. The standard InChI is InChI=1S/C22H22N2O4/c25-21(15-28-22(26)19-13-23-20-11-5-4-10-18(19)20)24(14-17-9-6-12-27-17)16-7-2-1-3-8-16/h4-7,9-13,23H,1-3,8,14-15H2. The maximum absolute atomic E-state index is 12.9. The van der Waals surface area contributed by atoms with E-state index in [1.807, 2.05) is 30.3 Å². The van der Waals surface area contributed by atoms with Gasteiger partial charge in [-0.1, -0.05) is 24.3 Å². The Morgan fingerprint density at radius 3 is 2.82 bits per heavy atom. The SMILES string of the molecule is O=C(OCC(=O)N(Cc1ccco1)C1=CCCCC1)c1c[nH]c2ccccc12. The van der Waals surface area contributed by atoms with Crippen molar-refractivity contribution in [3.8, 4) is 0 Å². The predicted molar refractivity (Wildman–Crippen MR) is 104 cm³/mol. The minimum Gasteiger partial charge on any atom is -0.467 e. The lowest BCUT2D eigenvalue weighted by molar-refractivity contribution is -0.133. The van der Waals surface area contributed by atoms with Gasteiger partial charge in [-0.25, -0.2) is 4.79 Å². The first-order valence-corrected chi connectivity index (χ1v) is 9.47. The molecule has 1 aromatic carbocycles. The Hall–Kier alpha value is -3.28. The molecule has 2 aromatic heterocycles. The number of allylic oxidation sites excluding steroid dienone is 2. The van der Waals surface area contributed by atoms with E-state index in [9.17, 15) is 9.59 Å². The zero-order chi connectivity index (χ0) is 19.3. The van der Waals surface area contributed by atoms with Gasteiger partial charge in [0.1, 0.15) is 5.76 Å². The number of benzene rings is 1. The number of rotatable bonds is 6. The molecule has 1 amide bonds. The molecule has 1 N–H and O–H groups in total. The van der Waals surface area contributed by atoms with Gasteiger partial charge in [0, 0.05) is 22.8 Å². The van der Waals surface area contributed by atoms with Crippen molar-refractivity contribution in [3.05, 3.63) is 72.0 Å². The molecule has 3 aromatic rings. The number of nitrogens with zero attached hydrogens (tertiary/aromatic N) is 1. The molecule has 0 radical (unpaired) electrons. The summed E-state index contributed by atoms with van der Waals surface area (Å²) < 4.78 is 10.7. The van der Waals surface area contributed by atoms with E-state index in [1.165, 1.54) is 0 Å². The highest BCUT2D eigenvalue weighted by Gasteiger charge is 2.23. The van der Waals surface area contributed by atoms with Gasteiger partial charge < -0.3 is 19.0 Å². The van der Waals surface area contributed by atoms with Crippen LogP contribution in [-0.4, -0.2) is 28.4 Å². The fourth-order valence-electron chi connectivity index (χ4n) is 3.50. The summed E-state index contributed by atoms with van der Waals surface area (Å²) in [5, 5.41) is 0.780. The molecule has 4 rings (SSSR count). The van der Waals surface area contributed by atoms with Gasteiger partial charge >= 0.3 is 5.97 Å². The van der Waals surface area contributed by atoms with E-state index < -0.39 is 5.97 Å². The molecular formula is C22H22N2O4. The minimum atomic E-state index is -0.513.